The molecule has 6 heteroatoms. The molecule has 0 spiro atoms. The molecule has 0 unspecified atom stereocenters. The molecule has 1 aliphatic heterocycles. The molecule has 2 fully saturated rings. The molecule has 1 aromatic carbocycles. The Morgan fingerprint density at radius 1 is 1.00 bits per heavy atom. The van der Waals surface area contributed by atoms with Gasteiger partial charge in [-0.1, -0.05) is 32.6 Å². The molecule has 0 aromatic heterocycles. The van der Waals surface area contributed by atoms with E-state index in [1.54, 1.807) is 29.2 Å². The van der Waals surface area contributed by atoms with E-state index in [0.717, 1.165) is 25.7 Å². The minimum atomic E-state index is -0.783. The van der Waals surface area contributed by atoms with E-state index in [1.165, 1.54) is 12.8 Å². The number of nitrogens with one attached hydrogen (secondary N) is 1. The molecule has 2 aliphatic rings. The van der Waals surface area contributed by atoms with E-state index in [0.29, 0.717) is 37.2 Å². The fourth-order valence-corrected chi connectivity index (χ4v) is 4.23. The lowest BCUT2D eigenvalue weighted by Gasteiger charge is -2.30. The van der Waals surface area contributed by atoms with Gasteiger partial charge in [-0.15, -0.1) is 0 Å². The van der Waals surface area contributed by atoms with Crippen molar-refractivity contribution < 1.29 is 19.5 Å². The molecule has 152 valence electrons. The Labute approximate surface area is 166 Å². The summed E-state index contributed by atoms with van der Waals surface area (Å²) < 4.78 is 0. The van der Waals surface area contributed by atoms with Gasteiger partial charge in [-0.3, -0.25) is 14.4 Å². The Kier molecular flexibility index (Phi) is 6.37. The molecule has 0 radical (unpaired) electrons. The molecular weight excluding hydrogens is 356 g/mol. The number of nitrogens with zero attached hydrogens (tertiary/aromatic N) is 1. The number of anilines is 1. The maximum Gasteiger partial charge on any atom is 0.306 e. The summed E-state index contributed by atoms with van der Waals surface area (Å²) in [5.41, 5.74) is 0.948. The largest absolute Gasteiger partial charge is 0.481 e. The van der Waals surface area contributed by atoms with Crippen molar-refractivity contribution in [3.8, 4) is 0 Å². The number of carboxylic acid groups (broad SMARTS) is 1. The number of hydrogen-bond acceptors (Lipinski definition) is 3. The number of amides is 2. The number of hydrogen-bond donors (Lipinski definition) is 2. The molecule has 6 nitrogen and oxygen atoms in total. The van der Waals surface area contributed by atoms with E-state index in [4.69, 9.17) is 5.11 Å². The van der Waals surface area contributed by atoms with Crippen LogP contribution in [-0.4, -0.2) is 40.9 Å². The lowest BCUT2D eigenvalue weighted by Crippen LogP contribution is -2.40. The lowest BCUT2D eigenvalue weighted by atomic mass is 9.81. The summed E-state index contributed by atoms with van der Waals surface area (Å²) in [6.45, 7) is 2.98. The first-order chi connectivity index (χ1) is 13.4. The number of carbonyl (C=O) groups is 3. The van der Waals surface area contributed by atoms with Crippen LogP contribution < -0.4 is 5.32 Å². The van der Waals surface area contributed by atoms with Gasteiger partial charge in [0, 0.05) is 29.8 Å². The van der Waals surface area contributed by atoms with Gasteiger partial charge in [0.15, 0.2) is 0 Å². The molecule has 0 bridgehead atoms. The van der Waals surface area contributed by atoms with Crippen LogP contribution in [0.3, 0.4) is 0 Å². The molecule has 3 rings (SSSR count). The molecule has 0 atom stereocenters. The minimum absolute atomic E-state index is 0.0595. The van der Waals surface area contributed by atoms with Gasteiger partial charge >= 0.3 is 5.97 Å². The Hall–Kier alpha value is -2.37. The fourth-order valence-electron chi connectivity index (χ4n) is 4.23. The molecule has 1 saturated heterocycles. The van der Waals surface area contributed by atoms with Gasteiger partial charge in [0.2, 0.25) is 5.91 Å². The zero-order valence-corrected chi connectivity index (χ0v) is 16.6. The Morgan fingerprint density at radius 2 is 1.57 bits per heavy atom. The highest BCUT2D eigenvalue weighted by atomic mass is 16.4. The predicted octanol–water partition coefficient (Wildman–Crippen LogP) is 3.92. The van der Waals surface area contributed by atoms with Gasteiger partial charge in [0.1, 0.15) is 0 Å². The third-order valence-corrected chi connectivity index (χ3v) is 6.28. The first-order valence-electron chi connectivity index (χ1n) is 10.3. The predicted molar refractivity (Wildman–Crippen MR) is 107 cm³/mol. The average Bonchev–Trinajstić information content (AvgIpc) is 2.93. The SMILES string of the molecule is CC1(C(=O)Nc2ccc(C(=O)N3CCC(C(=O)O)CC3)cc2)CCCCCC1. The van der Waals surface area contributed by atoms with Crippen LogP contribution in [0.2, 0.25) is 0 Å². The first-order valence-corrected chi connectivity index (χ1v) is 10.3. The molecule has 28 heavy (non-hydrogen) atoms. The van der Waals surface area contributed by atoms with Crippen LogP contribution >= 0.6 is 0 Å². The molecular formula is C22H30N2O4. The highest BCUT2D eigenvalue weighted by Gasteiger charge is 2.33. The second kappa shape index (κ2) is 8.76. The van der Waals surface area contributed by atoms with E-state index in [2.05, 4.69) is 5.32 Å². The quantitative estimate of drug-likeness (QED) is 0.768. The average molecular weight is 386 g/mol. The summed E-state index contributed by atoms with van der Waals surface area (Å²) in [6.07, 6.45) is 7.41. The van der Waals surface area contributed by atoms with Crippen molar-refractivity contribution in [3.63, 3.8) is 0 Å². The van der Waals surface area contributed by atoms with E-state index in [9.17, 15) is 14.4 Å². The van der Waals surface area contributed by atoms with Gasteiger partial charge < -0.3 is 15.3 Å². The number of aliphatic carboxylic acids is 1. The van der Waals surface area contributed by atoms with Gasteiger partial charge in [-0.25, -0.2) is 0 Å². The fraction of sp³-hybridized carbons (Fsp3) is 0.591. The van der Waals surface area contributed by atoms with Crippen molar-refractivity contribution in [1.82, 2.24) is 4.90 Å². The Balaban J connectivity index is 1.58. The van der Waals surface area contributed by atoms with Crippen molar-refractivity contribution in [2.24, 2.45) is 11.3 Å². The van der Waals surface area contributed by atoms with E-state index < -0.39 is 5.97 Å². The molecule has 1 saturated carbocycles. The molecule has 1 heterocycles. The summed E-state index contributed by atoms with van der Waals surface area (Å²) >= 11 is 0. The number of carboxylic acids is 1. The van der Waals surface area contributed by atoms with Gasteiger partial charge in [-0.2, -0.15) is 0 Å². The number of likely N-dealkylation sites (tertiary alicyclic amines) is 1. The number of rotatable bonds is 4. The first kappa shape index (κ1) is 20.4. The summed E-state index contributed by atoms with van der Waals surface area (Å²) in [5, 5.41) is 12.1. The minimum Gasteiger partial charge on any atom is -0.481 e. The van der Waals surface area contributed by atoms with Gasteiger partial charge in [-0.05, 0) is 49.9 Å². The van der Waals surface area contributed by atoms with Crippen LogP contribution in [0, 0.1) is 11.3 Å². The van der Waals surface area contributed by atoms with Crippen LogP contribution in [0.25, 0.3) is 0 Å². The van der Waals surface area contributed by atoms with Crippen molar-refractivity contribution in [2.45, 2.75) is 58.3 Å². The van der Waals surface area contributed by atoms with E-state index >= 15 is 0 Å². The zero-order chi connectivity index (χ0) is 20.1. The topological polar surface area (TPSA) is 86.7 Å². The molecule has 2 N–H and O–H groups in total. The smallest absolute Gasteiger partial charge is 0.306 e. The summed E-state index contributed by atoms with van der Waals surface area (Å²) in [4.78, 5) is 38.1. The van der Waals surface area contributed by atoms with Crippen LogP contribution in [0.5, 0.6) is 0 Å². The van der Waals surface area contributed by atoms with Gasteiger partial charge in [0.05, 0.1) is 5.92 Å². The summed E-state index contributed by atoms with van der Waals surface area (Å²) in [5.74, 6) is -1.16. The van der Waals surface area contributed by atoms with E-state index in [1.807, 2.05) is 6.92 Å². The van der Waals surface area contributed by atoms with Crippen molar-refractivity contribution >= 4 is 23.5 Å². The normalized spacial score (nSPS) is 20.2. The standard InChI is InChI=1S/C22H30N2O4/c1-22(12-4-2-3-5-13-22)21(28)23-18-8-6-16(7-9-18)19(25)24-14-10-17(11-15-24)20(26)27/h6-9,17H,2-5,10-15H2,1H3,(H,23,28)(H,26,27). The zero-order valence-electron chi connectivity index (χ0n) is 16.6. The third-order valence-electron chi connectivity index (χ3n) is 6.28. The number of piperidine rings is 1. The van der Waals surface area contributed by atoms with Crippen molar-refractivity contribution in [2.75, 3.05) is 18.4 Å². The van der Waals surface area contributed by atoms with Crippen LogP contribution in [-0.2, 0) is 9.59 Å². The summed E-state index contributed by atoms with van der Waals surface area (Å²) in [6, 6.07) is 7.01. The van der Waals surface area contributed by atoms with Crippen LogP contribution in [0.1, 0.15) is 68.6 Å². The Bertz CT molecular complexity index is 713. The monoisotopic (exact) mass is 386 g/mol. The molecule has 1 aromatic rings. The maximum absolute atomic E-state index is 12.8. The second-order valence-electron chi connectivity index (χ2n) is 8.41. The highest BCUT2D eigenvalue weighted by Crippen LogP contribution is 2.35. The lowest BCUT2D eigenvalue weighted by molar-refractivity contribution is -0.143. The maximum atomic E-state index is 12.8. The van der Waals surface area contributed by atoms with Crippen molar-refractivity contribution in [3.05, 3.63) is 29.8 Å². The van der Waals surface area contributed by atoms with Crippen LogP contribution in [0.4, 0.5) is 5.69 Å². The number of benzene rings is 1. The van der Waals surface area contributed by atoms with Crippen LogP contribution in [0.15, 0.2) is 24.3 Å². The van der Waals surface area contributed by atoms with Crippen molar-refractivity contribution in [1.29, 1.82) is 0 Å². The van der Waals surface area contributed by atoms with Gasteiger partial charge in [0.25, 0.3) is 5.91 Å². The van der Waals surface area contributed by atoms with E-state index in [-0.39, 0.29) is 23.1 Å². The summed E-state index contributed by atoms with van der Waals surface area (Å²) in [7, 11) is 0. The number of carbonyl (C=O) groups excluding carboxylic acids is 2. The Morgan fingerprint density at radius 3 is 2.11 bits per heavy atom. The third kappa shape index (κ3) is 4.72. The molecule has 1 aliphatic carbocycles. The second-order valence-corrected chi connectivity index (χ2v) is 8.41. The highest BCUT2D eigenvalue weighted by molar-refractivity contribution is 5.97. The molecule has 2 amide bonds.